The summed E-state index contributed by atoms with van der Waals surface area (Å²) in [7, 11) is 0. The third-order valence-corrected chi connectivity index (χ3v) is 5.16. The number of carbonyl (C=O) groups is 4. The molecule has 0 saturated heterocycles. The average Bonchev–Trinajstić information content (AvgIpc) is 2.72. The first-order valence-electron chi connectivity index (χ1n) is 9.77. The lowest BCUT2D eigenvalue weighted by Gasteiger charge is -2.29. The number of hydroxylamine groups is 2. The number of rotatable bonds is 13. The van der Waals surface area contributed by atoms with E-state index in [0.717, 1.165) is 19.3 Å². The Balaban J connectivity index is 2.77. The van der Waals surface area contributed by atoms with E-state index in [1.807, 2.05) is 6.92 Å². The summed E-state index contributed by atoms with van der Waals surface area (Å²) in [5.74, 6) is -2.73. The molecule has 30 heavy (non-hydrogen) atoms. The molecule has 166 valence electrons. The van der Waals surface area contributed by atoms with E-state index in [1.165, 1.54) is 18.2 Å². The van der Waals surface area contributed by atoms with Crippen molar-refractivity contribution in [3.8, 4) is 0 Å². The van der Waals surface area contributed by atoms with Crippen LogP contribution in [-0.2, 0) is 9.59 Å². The van der Waals surface area contributed by atoms with Crippen molar-refractivity contribution in [3.05, 3.63) is 33.8 Å². The van der Waals surface area contributed by atoms with E-state index in [2.05, 4.69) is 26.6 Å². The maximum atomic E-state index is 12.7. The summed E-state index contributed by atoms with van der Waals surface area (Å²) in [6.07, 6.45) is 3.80. The topological polar surface area (TPSA) is 136 Å². The Morgan fingerprint density at radius 1 is 1.13 bits per heavy atom. The number of hydrogen-bond acceptors (Lipinski definition) is 5. The maximum Gasteiger partial charge on any atom is 0.335 e. The number of nitrogens with one attached hydrogen (secondary N) is 2. The summed E-state index contributed by atoms with van der Waals surface area (Å²) in [4.78, 5) is 47.1. The van der Waals surface area contributed by atoms with Gasteiger partial charge in [-0.25, -0.2) is 9.86 Å². The molecule has 0 heterocycles. The zero-order valence-electron chi connectivity index (χ0n) is 17.1. The third kappa shape index (κ3) is 7.75. The van der Waals surface area contributed by atoms with Crippen LogP contribution in [0.15, 0.2) is 22.7 Å². The summed E-state index contributed by atoms with van der Waals surface area (Å²) >= 11 is 3.16. The Morgan fingerprint density at radius 3 is 2.37 bits per heavy atom. The summed E-state index contributed by atoms with van der Waals surface area (Å²) in [5, 5.41) is 24.5. The van der Waals surface area contributed by atoms with Crippen molar-refractivity contribution in [2.45, 2.75) is 52.0 Å². The monoisotopic (exact) mass is 485 g/mol. The van der Waals surface area contributed by atoms with Crippen LogP contribution in [-0.4, -0.2) is 52.3 Å². The normalized spacial score (nSPS) is 12.5. The number of carboxylic acid groups (broad SMARTS) is 1. The lowest BCUT2D eigenvalue weighted by molar-refractivity contribution is -0.168. The first-order chi connectivity index (χ1) is 14.2. The summed E-state index contributed by atoms with van der Waals surface area (Å²) in [6.45, 7) is 3.62. The minimum Gasteiger partial charge on any atom is -0.478 e. The molecule has 1 aromatic rings. The smallest absolute Gasteiger partial charge is 0.335 e. The lowest BCUT2D eigenvalue weighted by Crippen LogP contribution is -2.47. The fourth-order valence-electron chi connectivity index (χ4n) is 3.14. The van der Waals surface area contributed by atoms with Crippen molar-refractivity contribution in [1.29, 1.82) is 0 Å². The van der Waals surface area contributed by atoms with Gasteiger partial charge < -0.3 is 15.7 Å². The molecule has 0 unspecified atom stereocenters. The molecule has 9 nitrogen and oxygen atoms in total. The molecule has 0 aliphatic carbocycles. The Morgan fingerprint density at radius 2 is 1.80 bits per heavy atom. The van der Waals surface area contributed by atoms with Crippen LogP contribution in [0.25, 0.3) is 0 Å². The number of carboxylic acids is 1. The number of hydrogen-bond donors (Lipinski definition) is 4. The van der Waals surface area contributed by atoms with Gasteiger partial charge in [0.2, 0.25) is 12.3 Å². The Bertz CT molecular complexity index is 758. The summed E-state index contributed by atoms with van der Waals surface area (Å²) in [5.41, 5.74) is 0.0849. The molecule has 0 bridgehead atoms. The molecule has 0 aliphatic rings. The van der Waals surface area contributed by atoms with E-state index in [9.17, 15) is 24.4 Å². The van der Waals surface area contributed by atoms with Crippen molar-refractivity contribution >= 4 is 40.1 Å². The van der Waals surface area contributed by atoms with Crippen molar-refractivity contribution in [2.24, 2.45) is 5.92 Å². The van der Waals surface area contributed by atoms with Gasteiger partial charge in [-0.3, -0.25) is 19.6 Å². The van der Waals surface area contributed by atoms with Gasteiger partial charge in [0.25, 0.3) is 5.91 Å². The molecular formula is C20H28BrN3O6. The third-order valence-electron chi connectivity index (χ3n) is 4.70. The first-order valence-corrected chi connectivity index (χ1v) is 10.6. The molecule has 0 fully saturated rings. The van der Waals surface area contributed by atoms with Gasteiger partial charge in [0.1, 0.15) is 0 Å². The number of nitrogens with zero attached hydrogens (tertiary/aromatic N) is 1. The molecule has 0 saturated carbocycles. The summed E-state index contributed by atoms with van der Waals surface area (Å²) < 4.78 is 0.440. The second kappa shape index (κ2) is 13.0. The number of carbonyl (C=O) groups excluding carboxylic acids is 3. The fourth-order valence-corrected chi connectivity index (χ4v) is 3.63. The highest BCUT2D eigenvalue weighted by atomic mass is 79.9. The van der Waals surface area contributed by atoms with E-state index < -0.39 is 23.8 Å². The van der Waals surface area contributed by atoms with Crippen LogP contribution < -0.4 is 10.6 Å². The highest BCUT2D eigenvalue weighted by Gasteiger charge is 2.30. The average molecular weight is 486 g/mol. The van der Waals surface area contributed by atoms with Gasteiger partial charge in [-0.05, 0) is 31.0 Å². The van der Waals surface area contributed by atoms with Crippen LogP contribution in [0, 0.1) is 5.92 Å². The quantitative estimate of drug-likeness (QED) is 0.111. The van der Waals surface area contributed by atoms with Crippen LogP contribution in [0.4, 0.5) is 0 Å². The minimum atomic E-state index is -1.16. The summed E-state index contributed by atoms with van der Waals surface area (Å²) in [6, 6.07) is 3.41. The molecule has 2 atom stereocenters. The molecule has 4 N–H and O–H groups in total. The molecular weight excluding hydrogens is 458 g/mol. The molecule has 0 spiro atoms. The molecule has 1 rings (SSSR count). The van der Waals surface area contributed by atoms with Gasteiger partial charge in [0.05, 0.1) is 24.2 Å². The van der Waals surface area contributed by atoms with Crippen LogP contribution >= 0.6 is 15.9 Å². The van der Waals surface area contributed by atoms with E-state index in [-0.39, 0.29) is 30.1 Å². The van der Waals surface area contributed by atoms with E-state index in [1.54, 1.807) is 6.92 Å². The molecule has 0 aromatic heterocycles. The van der Waals surface area contributed by atoms with Crippen LogP contribution in [0.1, 0.15) is 66.7 Å². The highest BCUT2D eigenvalue weighted by Crippen LogP contribution is 2.20. The number of benzene rings is 1. The van der Waals surface area contributed by atoms with Crippen LogP contribution in [0.2, 0.25) is 0 Å². The van der Waals surface area contributed by atoms with Crippen LogP contribution in [0.3, 0.4) is 0 Å². The van der Waals surface area contributed by atoms with Gasteiger partial charge in [-0.1, -0.05) is 49.0 Å². The zero-order valence-corrected chi connectivity index (χ0v) is 18.6. The van der Waals surface area contributed by atoms with Crippen LogP contribution in [0.5, 0.6) is 0 Å². The SMILES string of the molecule is CCCCC[C@@H](C(=O)NCNC(=O)c1cc(Br)cc(C(=O)O)c1)[C@@H](CC)N(O)C=O. The number of aromatic carboxylic acids is 1. The highest BCUT2D eigenvalue weighted by molar-refractivity contribution is 9.10. The number of halogens is 1. The molecule has 0 radical (unpaired) electrons. The lowest BCUT2D eigenvalue weighted by atomic mass is 9.90. The van der Waals surface area contributed by atoms with Gasteiger partial charge in [-0.15, -0.1) is 0 Å². The Kier molecular flexibility index (Phi) is 11.1. The van der Waals surface area contributed by atoms with Crippen molar-refractivity contribution < 1.29 is 29.5 Å². The minimum absolute atomic E-state index is 0.0442. The maximum absolute atomic E-state index is 12.7. The van der Waals surface area contributed by atoms with Gasteiger partial charge >= 0.3 is 5.97 Å². The number of unbranched alkanes of at least 4 members (excludes halogenated alkanes) is 2. The predicted octanol–water partition coefficient (Wildman–Crippen LogP) is 2.77. The van der Waals surface area contributed by atoms with Crippen molar-refractivity contribution in [2.75, 3.05) is 6.67 Å². The van der Waals surface area contributed by atoms with E-state index in [0.29, 0.717) is 22.4 Å². The van der Waals surface area contributed by atoms with E-state index >= 15 is 0 Å². The molecule has 10 heteroatoms. The zero-order chi connectivity index (χ0) is 22.7. The Hall–Kier alpha value is -2.46. The first kappa shape index (κ1) is 25.6. The Labute approximate surface area is 183 Å². The molecule has 3 amide bonds. The molecule has 1 aromatic carbocycles. The molecule has 0 aliphatic heterocycles. The van der Waals surface area contributed by atoms with E-state index in [4.69, 9.17) is 5.11 Å². The largest absolute Gasteiger partial charge is 0.478 e. The van der Waals surface area contributed by atoms with Crippen molar-refractivity contribution in [3.63, 3.8) is 0 Å². The standard InChI is InChI=1S/C20H28BrN3O6/c1-3-5-6-7-16(17(4-2)24(30)12-25)19(27)23-11-22-18(26)13-8-14(20(28)29)10-15(21)9-13/h8-10,12,16-17,30H,3-7,11H2,1-2H3,(H,22,26)(H,23,27)(H,28,29)/t16-,17-/m1/s1. The van der Waals surface area contributed by atoms with Gasteiger partial charge in [-0.2, -0.15) is 0 Å². The second-order valence-corrected chi connectivity index (χ2v) is 7.74. The fraction of sp³-hybridized carbons (Fsp3) is 0.500. The van der Waals surface area contributed by atoms with Gasteiger partial charge in [0.15, 0.2) is 0 Å². The van der Waals surface area contributed by atoms with Crippen molar-refractivity contribution in [1.82, 2.24) is 15.7 Å². The number of amides is 3. The van der Waals surface area contributed by atoms with Gasteiger partial charge in [0, 0.05) is 10.0 Å². The predicted molar refractivity (Wildman–Crippen MR) is 113 cm³/mol. The second-order valence-electron chi connectivity index (χ2n) is 6.82.